The summed E-state index contributed by atoms with van der Waals surface area (Å²) in [7, 11) is 2.13. The summed E-state index contributed by atoms with van der Waals surface area (Å²) < 4.78 is 22.6. The van der Waals surface area contributed by atoms with Crippen LogP contribution < -0.4 is 0 Å². The molecule has 0 amide bonds. The minimum absolute atomic E-state index is 0.189. The van der Waals surface area contributed by atoms with Crippen LogP contribution in [0, 0.1) is 23.7 Å². The minimum Gasteiger partial charge on any atom is -0.466 e. The predicted octanol–water partition coefficient (Wildman–Crippen LogP) is 13.5. The van der Waals surface area contributed by atoms with Gasteiger partial charge in [0.1, 0.15) is 0 Å². The second-order valence-electron chi connectivity index (χ2n) is 21.9. The van der Waals surface area contributed by atoms with Crippen molar-refractivity contribution in [2.75, 3.05) is 85.8 Å². The predicted molar refractivity (Wildman–Crippen MR) is 296 cm³/mol. The lowest BCUT2D eigenvalue weighted by Crippen LogP contribution is -2.33. The van der Waals surface area contributed by atoms with Gasteiger partial charge in [-0.2, -0.15) is 0 Å². The van der Waals surface area contributed by atoms with Gasteiger partial charge in [0.15, 0.2) is 0 Å². The number of esters is 4. The molecular weight excluding hydrogens is 891 g/mol. The van der Waals surface area contributed by atoms with Crippen molar-refractivity contribution in [1.29, 1.82) is 0 Å². The second-order valence-corrected chi connectivity index (χ2v) is 21.9. The summed E-state index contributed by atoms with van der Waals surface area (Å²) in [5.41, 5.74) is 5.32. The molecule has 11 heteroatoms. The number of ether oxygens (including phenoxy) is 4. The summed E-state index contributed by atoms with van der Waals surface area (Å²) in [6.45, 7) is 33.0. The molecule has 0 fully saturated rings. The number of hydrogen-bond donors (Lipinski definition) is 0. The monoisotopic (exact) mass is 1000 g/mol. The highest BCUT2D eigenvalue weighted by atomic mass is 16.5. The van der Waals surface area contributed by atoms with Gasteiger partial charge in [-0.15, -0.1) is 0 Å². The fourth-order valence-corrected chi connectivity index (χ4v) is 8.05. The van der Waals surface area contributed by atoms with E-state index < -0.39 is 0 Å². The van der Waals surface area contributed by atoms with E-state index in [9.17, 15) is 19.2 Å². The van der Waals surface area contributed by atoms with E-state index in [0.29, 0.717) is 102 Å². The first kappa shape index (κ1) is 67.7. The molecule has 0 aliphatic rings. The third kappa shape index (κ3) is 46.3. The molecule has 4 atom stereocenters. The Hall–Kier alpha value is -3.28. The molecule has 0 aliphatic heterocycles. The van der Waals surface area contributed by atoms with E-state index in [1.54, 1.807) is 0 Å². The van der Waals surface area contributed by atoms with Crippen LogP contribution in [0.15, 0.2) is 46.6 Å². The highest BCUT2D eigenvalue weighted by Crippen LogP contribution is 2.16. The minimum atomic E-state index is -0.192. The maximum absolute atomic E-state index is 12.8. The molecule has 0 bridgehead atoms. The van der Waals surface area contributed by atoms with Crippen LogP contribution in [0.1, 0.15) is 205 Å². The number of hydrogen-bond acceptors (Lipinski definition) is 11. The Morgan fingerprint density at radius 1 is 0.352 bits per heavy atom. The van der Waals surface area contributed by atoms with Gasteiger partial charge in [0.05, 0.1) is 52.1 Å². The number of carbonyl (C=O) groups is 4. The van der Waals surface area contributed by atoms with Crippen molar-refractivity contribution < 1.29 is 38.1 Å². The molecule has 0 saturated heterocycles. The Bertz CT molecular complexity index is 1420. The Morgan fingerprint density at radius 3 is 0.859 bits per heavy atom. The Labute approximate surface area is 436 Å². The van der Waals surface area contributed by atoms with Crippen LogP contribution in [0.3, 0.4) is 0 Å². The molecule has 0 aromatic heterocycles. The summed E-state index contributed by atoms with van der Waals surface area (Å²) in [5, 5.41) is 0. The van der Waals surface area contributed by atoms with E-state index >= 15 is 0 Å². The number of nitrogens with zero attached hydrogens (tertiary/aromatic N) is 3. The lowest BCUT2D eigenvalue weighted by atomic mass is 10.0. The zero-order chi connectivity index (χ0) is 53.2. The molecular formula is C60H109N3O8. The highest BCUT2D eigenvalue weighted by Gasteiger charge is 2.16. The normalized spacial score (nSPS) is 13.0. The molecule has 0 saturated carbocycles. The van der Waals surface area contributed by atoms with Crippen molar-refractivity contribution in [2.24, 2.45) is 23.7 Å². The first-order chi connectivity index (χ1) is 33.7. The number of allylic oxidation sites excluding steroid dienone is 8. The molecule has 11 nitrogen and oxygen atoms in total. The van der Waals surface area contributed by atoms with E-state index in [1.807, 2.05) is 0 Å². The molecule has 4 unspecified atom stereocenters. The lowest BCUT2D eigenvalue weighted by Gasteiger charge is -2.24. The summed E-state index contributed by atoms with van der Waals surface area (Å²) in [4.78, 5) is 58.0. The van der Waals surface area contributed by atoms with Gasteiger partial charge in [-0.1, -0.05) is 74.3 Å². The fraction of sp³-hybridized carbons (Fsp3) is 0.800. The highest BCUT2D eigenvalue weighted by molar-refractivity contribution is 5.71. The molecule has 0 spiro atoms. The fourth-order valence-electron chi connectivity index (χ4n) is 8.05. The van der Waals surface area contributed by atoms with Crippen LogP contribution >= 0.6 is 0 Å². The standard InChI is InChI=1S/C60H109N3O8/c1-49(2)21-16-25-53(9)33-45-68-57(64)29-41-62(42-30-58(65)69-46-34-54(10)26-17-22-50(3)4)39-15-14-37-61(13)38-20-40-63(43-31-59(66)70-47-35-55(11)27-18-23-51(5)6)44-32-60(67)71-48-36-56(12)28-19-24-52(7)8/h21-24,53-56H,14-20,25-48H2,1-13H3. The summed E-state index contributed by atoms with van der Waals surface area (Å²) >= 11 is 0. The molecule has 0 heterocycles. The van der Waals surface area contributed by atoms with Gasteiger partial charge in [0.2, 0.25) is 0 Å². The second kappa shape index (κ2) is 44.2. The maximum Gasteiger partial charge on any atom is 0.307 e. The number of unbranched alkanes of at least 4 members (excludes halogenated alkanes) is 1. The molecule has 0 aromatic carbocycles. The molecule has 0 N–H and O–H groups in total. The molecule has 0 aromatic rings. The SMILES string of the molecule is CC(C)=CCCC(C)CCOC(=O)CCN(CCCCN(C)CCCN(CCC(=O)OCCC(C)CCC=C(C)C)CCC(=O)OCCC(C)CCC=C(C)C)CCC(=O)OCCC(C)CCC=C(C)C. The molecule has 0 radical (unpaired) electrons. The summed E-state index contributed by atoms with van der Waals surface area (Å²) in [6.07, 6.45) is 24.9. The Balaban J connectivity index is 5.21. The van der Waals surface area contributed by atoms with Gasteiger partial charge in [0.25, 0.3) is 0 Å². The topological polar surface area (TPSA) is 115 Å². The zero-order valence-electron chi connectivity index (χ0n) is 48.1. The van der Waals surface area contributed by atoms with Gasteiger partial charge in [0, 0.05) is 26.2 Å². The van der Waals surface area contributed by atoms with Crippen LogP contribution in [0.5, 0.6) is 0 Å². The van der Waals surface area contributed by atoms with Gasteiger partial charge >= 0.3 is 23.9 Å². The summed E-state index contributed by atoms with van der Waals surface area (Å²) in [6, 6.07) is 0. The largest absolute Gasteiger partial charge is 0.466 e. The summed E-state index contributed by atoms with van der Waals surface area (Å²) in [5.74, 6) is 1.19. The van der Waals surface area contributed by atoms with Crippen LogP contribution in [-0.2, 0) is 38.1 Å². The molecule has 71 heavy (non-hydrogen) atoms. The van der Waals surface area contributed by atoms with E-state index in [0.717, 1.165) is 122 Å². The molecule has 0 rings (SSSR count). The smallest absolute Gasteiger partial charge is 0.307 e. The van der Waals surface area contributed by atoms with Crippen LogP contribution in [-0.4, -0.2) is 124 Å². The van der Waals surface area contributed by atoms with Crippen molar-refractivity contribution in [3.63, 3.8) is 0 Å². The van der Waals surface area contributed by atoms with Crippen molar-refractivity contribution in [3.05, 3.63) is 46.6 Å². The number of carbonyl (C=O) groups excluding carboxylic acids is 4. The average Bonchev–Trinajstić information content (AvgIpc) is 3.28. The van der Waals surface area contributed by atoms with Crippen LogP contribution in [0.4, 0.5) is 0 Å². The molecule has 412 valence electrons. The lowest BCUT2D eigenvalue weighted by molar-refractivity contribution is -0.146. The van der Waals surface area contributed by atoms with Crippen molar-refractivity contribution in [3.8, 4) is 0 Å². The van der Waals surface area contributed by atoms with E-state index in [4.69, 9.17) is 18.9 Å². The van der Waals surface area contributed by atoms with E-state index in [1.165, 1.54) is 22.3 Å². The Morgan fingerprint density at radius 2 is 0.592 bits per heavy atom. The maximum atomic E-state index is 12.8. The van der Waals surface area contributed by atoms with Crippen molar-refractivity contribution in [1.82, 2.24) is 14.7 Å². The van der Waals surface area contributed by atoms with Gasteiger partial charge in [-0.05, 0) is 209 Å². The Kier molecular flexibility index (Phi) is 42.2. The van der Waals surface area contributed by atoms with Gasteiger partial charge in [-0.3, -0.25) is 19.2 Å². The average molecular weight is 1000 g/mol. The van der Waals surface area contributed by atoms with Crippen molar-refractivity contribution >= 4 is 23.9 Å². The van der Waals surface area contributed by atoms with Crippen LogP contribution in [0.2, 0.25) is 0 Å². The number of rotatable bonds is 45. The first-order valence-electron chi connectivity index (χ1n) is 28.0. The van der Waals surface area contributed by atoms with Gasteiger partial charge in [-0.25, -0.2) is 0 Å². The van der Waals surface area contributed by atoms with E-state index in [-0.39, 0.29) is 23.9 Å². The third-order valence-corrected chi connectivity index (χ3v) is 13.1. The third-order valence-electron chi connectivity index (χ3n) is 13.1. The quantitative estimate of drug-likeness (QED) is 0.0251. The van der Waals surface area contributed by atoms with Crippen LogP contribution in [0.25, 0.3) is 0 Å². The zero-order valence-corrected chi connectivity index (χ0v) is 48.1. The van der Waals surface area contributed by atoms with Crippen molar-refractivity contribution in [2.45, 2.75) is 205 Å². The molecule has 0 aliphatic carbocycles. The van der Waals surface area contributed by atoms with E-state index in [2.05, 4.69) is 129 Å². The first-order valence-corrected chi connectivity index (χ1v) is 28.0. The van der Waals surface area contributed by atoms with Gasteiger partial charge < -0.3 is 33.6 Å².